The molecule has 6 heteroatoms. The number of nitrogens with two attached hydrogens (primary N) is 1. The second-order valence-electron chi connectivity index (χ2n) is 3.93. The average Bonchev–Trinajstić information content (AvgIpc) is 2.32. The molecule has 88 valence electrons. The maximum atomic E-state index is 9.35. The number of nitrogen functional groups attached to an aromatic ring is 1. The van der Waals surface area contributed by atoms with Crippen LogP contribution in [0.1, 0.15) is 19.3 Å². The topological polar surface area (TPSA) is 75.3 Å². The maximum Gasteiger partial charge on any atom is 0.222 e. The molecular formula is C10H15BrN4O. The summed E-state index contributed by atoms with van der Waals surface area (Å²) in [5, 5.41) is 9.35. The summed E-state index contributed by atoms with van der Waals surface area (Å²) < 4.78 is 0.821. The van der Waals surface area contributed by atoms with Gasteiger partial charge in [-0.1, -0.05) is 0 Å². The first-order valence-corrected chi connectivity index (χ1v) is 6.17. The lowest BCUT2D eigenvalue weighted by Crippen LogP contribution is -2.42. The Balaban J connectivity index is 2.30. The van der Waals surface area contributed by atoms with Crippen molar-refractivity contribution >= 4 is 27.7 Å². The zero-order valence-corrected chi connectivity index (χ0v) is 10.5. The highest BCUT2D eigenvalue weighted by molar-refractivity contribution is 9.10. The number of aromatic nitrogens is 2. The smallest absolute Gasteiger partial charge is 0.222 e. The number of hydrogen-bond donors (Lipinski definition) is 2. The summed E-state index contributed by atoms with van der Waals surface area (Å²) in [7, 11) is 0. The summed E-state index contributed by atoms with van der Waals surface area (Å²) in [5.74, 6) is 1.05. The lowest BCUT2D eigenvalue weighted by molar-refractivity contribution is 0.239. The summed E-state index contributed by atoms with van der Waals surface area (Å²) in [6.45, 7) is 1.05. The van der Waals surface area contributed by atoms with Crippen LogP contribution in [0.5, 0.6) is 0 Å². The minimum atomic E-state index is 0.138. The normalized spacial score (nSPS) is 21.1. The quantitative estimate of drug-likeness (QED) is 0.854. The van der Waals surface area contributed by atoms with Crippen LogP contribution in [0.2, 0.25) is 0 Å². The standard InChI is InChI=1S/C10H15BrN4O/c11-8-5-13-10(12)14-9(8)15-4-2-1-3-7(15)6-16/h5,7,16H,1-4,6H2,(H2,12,13,14). The van der Waals surface area contributed by atoms with E-state index < -0.39 is 0 Å². The van der Waals surface area contributed by atoms with Gasteiger partial charge in [0.2, 0.25) is 5.95 Å². The van der Waals surface area contributed by atoms with Crippen molar-refractivity contribution in [2.75, 3.05) is 23.8 Å². The van der Waals surface area contributed by atoms with Gasteiger partial charge >= 0.3 is 0 Å². The van der Waals surface area contributed by atoms with Crippen molar-refractivity contribution in [1.82, 2.24) is 9.97 Å². The van der Waals surface area contributed by atoms with Crippen molar-refractivity contribution in [3.8, 4) is 0 Å². The molecule has 5 nitrogen and oxygen atoms in total. The molecule has 2 rings (SSSR count). The molecule has 3 N–H and O–H groups in total. The van der Waals surface area contributed by atoms with Crippen LogP contribution in [0.15, 0.2) is 10.7 Å². The zero-order chi connectivity index (χ0) is 11.5. The number of halogens is 1. The lowest BCUT2D eigenvalue weighted by Gasteiger charge is -2.35. The number of nitrogens with zero attached hydrogens (tertiary/aromatic N) is 3. The second-order valence-corrected chi connectivity index (χ2v) is 4.78. The predicted octanol–water partition coefficient (Wildman–Crippen LogP) is 1.17. The Labute approximate surface area is 103 Å². The molecule has 0 amide bonds. The van der Waals surface area contributed by atoms with Gasteiger partial charge in [0.15, 0.2) is 0 Å². The summed E-state index contributed by atoms with van der Waals surface area (Å²) in [5.41, 5.74) is 5.59. The van der Waals surface area contributed by atoms with Gasteiger partial charge in [-0.2, -0.15) is 4.98 Å². The molecule has 1 saturated heterocycles. The first kappa shape index (κ1) is 11.6. The first-order chi connectivity index (χ1) is 7.72. The number of aliphatic hydroxyl groups is 1. The number of rotatable bonds is 2. The first-order valence-electron chi connectivity index (χ1n) is 5.38. The number of aliphatic hydroxyl groups excluding tert-OH is 1. The molecular weight excluding hydrogens is 272 g/mol. The van der Waals surface area contributed by atoms with E-state index >= 15 is 0 Å². The summed E-state index contributed by atoms with van der Waals surface area (Å²) in [6, 6.07) is 0.138. The molecule has 1 aromatic rings. The fourth-order valence-electron chi connectivity index (χ4n) is 2.04. The van der Waals surface area contributed by atoms with Gasteiger partial charge in [-0.15, -0.1) is 0 Å². The highest BCUT2D eigenvalue weighted by Crippen LogP contribution is 2.29. The molecule has 1 unspecified atom stereocenters. The third-order valence-electron chi connectivity index (χ3n) is 2.85. The van der Waals surface area contributed by atoms with Gasteiger partial charge in [0.25, 0.3) is 0 Å². The maximum absolute atomic E-state index is 9.35. The van der Waals surface area contributed by atoms with Crippen molar-refractivity contribution in [3.05, 3.63) is 10.7 Å². The van der Waals surface area contributed by atoms with E-state index in [9.17, 15) is 5.11 Å². The fourth-order valence-corrected chi connectivity index (χ4v) is 2.46. The molecule has 2 heterocycles. The van der Waals surface area contributed by atoms with Crippen LogP contribution >= 0.6 is 15.9 Å². The monoisotopic (exact) mass is 286 g/mol. The fraction of sp³-hybridized carbons (Fsp3) is 0.600. The lowest BCUT2D eigenvalue weighted by atomic mass is 10.0. The van der Waals surface area contributed by atoms with E-state index in [1.807, 2.05) is 0 Å². The van der Waals surface area contributed by atoms with E-state index in [0.717, 1.165) is 36.1 Å². The van der Waals surface area contributed by atoms with Crippen molar-refractivity contribution in [2.45, 2.75) is 25.3 Å². The van der Waals surface area contributed by atoms with Gasteiger partial charge in [0.1, 0.15) is 5.82 Å². The molecule has 0 radical (unpaired) electrons. The molecule has 1 aromatic heterocycles. The van der Waals surface area contributed by atoms with Gasteiger partial charge in [-0.05, 0) is 35.2 Å². The third-order valence-corrected chi connectivity index (χ3v) is 3.41. The third kappa shape index (κ3) is 2.27. The van der Waals surface area contributed by atoms with Crippen LogP contribution in [0.25, 0.3) is 0 Å². The van der Waals surface area contributed by atoms with Gasteiger partial charge < -0.3 is 15.7 Å². The van der Waals surface area contributed by atoms with E-state index in [0.29, 0.717) is 0 Å². The molecule has 16 heavy (non-hydrogen) atoms. The zero-order valence-electron chi connectivity index (χ0n) is 8.93. The van der Waals surface area contributed by atoms with Crippen LogP contribution in [0, 0.1) is 0 Å². The van der Waals surface area contributed by atoms with Crippen molar-refractivity contribution in [2.24, 2.45) is 0 Å². The van der Waals surface area contributed by atoms with Gasteiger partial charge in [-0.25, -0.2) is 4.98 Å². The second kappa shape index (κ2) is 4.97. The largest absolute Gasteiger partial charge is 0.394 e. The highest BCUT2D eigenvalue weighted by atomic mass is 79.9. The predicted molar refractivity (Wildman–Crippen MR) is 66.2 cm³/mol. The Morgan fingerprint density at radius 3 is 3.12 bits per heavy atom. The van der Waals surface area contributed by atoms with Gasteiger partial charge in [0, 0.05) is 12.7 Å². The average molecular weight is 287 g/mol. The van der Waals surface area contributed by atoms with Crippen LogP contribution in [0.4, 0.5) is 11.8 Å². The molecule has 0 aliphatic carbocycles. The Morgan fingerprint density at radius 1 is 1.56 bits per heavy atom. The summed E-state index contributed by atoms with van der Waals surface area (Å²) in [6.07, 6.45) is 4.92. The van der Waals surface area contributed by atoms with Gasteiger partial charge in [-0.3, -0.25) is 0 Å². The molecule has 0 bridgehead atoms. The van der Waals surface area contributed by atoms with E-state index in [2.05, 4.69) is 30.8 Å². The van der Waals surface area contributed by atoms with Crippen molar-refractivity contribution in [3.63, 3.8) is 0 Å². The minimum absolute atomic E-state index is 0.138. The Hall–Kier alpha value is -0.880. The van der Waals surface area contributed by atoms with Gasteiger partial charge in [0.05, 0.1) is 17.1 Å². The molecule has 0 saturated carbocycles. The Morgan fingerprint density at radius 2 is 2.38 bits per heavy atom. The number of piperidine rings is 1. The summed E-state index contributed by atoms with van der Waals surface area (Å²) in [4.78, 5) is 10.2. The summed E-state index contributed by atoms with van der Waals surface area (Å²) >= 11 is 3.42. The van der Waals surface area contributed by atoms with E-state index in [1.165, 1.54) is 0 Å². The molecule has 1 aliphatic heterocycles. The van der Waals surface area contributed by atoms with Crippen molar-refractivity contribution in [1.29, 1.82) is 0 Å². The van der Waals surface area contributed by atoms with Crippen LogP contribution in [-0.4, -0.2) is 34.3 Å². The van der Waals surface area contributed by atoms with E-state index in [4.69, 9.17) is 5.73 Å². The highest BCUT2D eigenvalue weighted by Gasteiger charge is 2.24. The number of anilines is 2. The van der Waals surface area contributed by atoms with E-state index in [-0.39, 0.29) is 18.6 Å². The van der Waals surface area contributed by atoms with E-state index in [1.54, 1.807) is 6.20 Å². The molecule has 1 fully saturated rings. The minimum Gasteiger partial charge on any atom is -0.394 e. The van der Waals surface area contributed by atoms with Crippen LogP contribution in [-0.2, 0) is 0 Å². The van der Waals surface area contributed by atoms with Crippen molar-refractivity contribution < 1.29 is 5.11 Å². The Bertz CT molecular complexity index is 374. The molecule has 0 aromatic carbocycles. The Kier molecular flexibility index (Phi) is 3.60. The molecule has 1 atom stereocenters. The number of hydrogen-bond acceptors (Lipinski definition) is 5. The van der Waals surface area contributed by atoms with Crippen LogP contribution < -0.4 is 10.6 Å². The molecule has 0 spiro atoms. The SMILES string of the molecule is Nc1ncc(Br)c(N2CCCCC2CO)n1. The molecule has 1 aliphatic rings. The van der Waals surface area contributed by atoms with Crippen LogP contribution in [0.3, 0.4) is 0 Å².